The number of nitrogens with two attached hydrogens (primary N) is 1. The number of benzene rings is 2. The first-order chi connectivity index (χ1) is 17.9. The van der Waals surface area contributed by atoms with E-state index in [1.807, 2.05) is 24.0 Å². The Hall–Kier alpha value is -4.46. The minimum Gasteiger partial charge on any atom is -0.475 e. The number of H-pyrrole nitrogens is 1. The summed E-state index contributed by atoms with van der Waals surface area (Å²) in [5, 5.41) is 15.4. The number of nitrogens with zero attached hydrogens (tertiary/aromatic N) is 4. The molecule has 14 heteroatoms. The molecular weight excluding hydrogens is 515 g/mol. The fourth-order valence-electron chi connectivity index (χ4n) is 4.11. The molecule has 0 saturated heterocycles. The molecule has 0 amide bonds. The largest absolute Gasteiger partial charge is 0.490 e. The molecule has 0 radical (unpaired) electrons. The lowest BCUT2D eigenvalue weighted by Gasteiger charge is -2.04. The molecule has 0 unspecified atom stereocenters. The summed E-state index contributed by atoms with van der Waals surface area (Å²) in [6, 6.07) is 8.95. The van der Waals surface area contributed by atoms with Crippen molar-refractivity contribution in [3.05, 3.63) is 70.9 Å². The molecular formula is C24H21F5N6O3. The topological polar surface area (TPSA) is 124 Å². The zero-order chi connectivity index (χ0) is 27.8. The number of alkyl halides is 3. The summed E-state index contributed by atoms with van der Waals surface area (Å²) in [6.07, 6.45) is -0.754. The number of rotatable bonds is 5. The number of hydrogen-bond donors (Lipinski definition) is 3. The van der Waals surface area contributed by atoms with Gasteiger partial charge in [0.2, 0.25) is 0 Å². The van der Waals surface area contributed by atoms with Crippen LogP contribution < -0.4 is 11.4 Å². The molecule has 4 N–H and O–H groups in total. The molecule has 0 fully saturated rings. The van der Waals surface area contributed by atoms with E-state index in [1.54, 1.807) is 16.7 Å². The fourth-order valence-corrected chi connectivity index (χ4v) is 4.11. The van der Waals surface area contributed by atoms with E-state index in [2.05, 4.69) is 10.2 Å². The molecule has 5 rings (SSSR count). The van der Waals surface area contributed by atoms with E-state index in [0.29, 0.717) is 47.6 Å². The molecule has 0 aliphatic rings. The Labute approximate surface area is 210 Å². The fraction of sp³-hybridized carbons (Fsp3) is 0.208. The molecule has 9 nitrogen and oxygen atoms in total. The van der Waals surface area contributed by atoms with Gasteiger partial charge >= 0.3 is 17.8 Å². The van der Waals surface area contributed by atoms with Gasteiger partial charge in [-0.05, 0) is 49.4 Å². The van der Waals surface area contributed by atoms with Gasteiger partial charge in [0.1, 0.15) is 11.6 Å². The minimum absolute atomic E-state index is 0.343. The van der Waals surface area contributed by atoms with Crippen LogP contribution in [-0.4, -0.2) is 47.7 Å². The number of aliphatic carboxylic acids is 1. The first-order valence-corrected chi connectivity index (χ1v) is 11.1. The normalized spacial score (nSPS) is 11.7. The van der Waals surface area contributed by atoms with Crippen molar-refractivity contribution in [2.45, 2.75) is 19.1 Å². The molecule has 0 bridgehead atoms. The van der Waals surface area contributed by atoms with Crippen LogP contribution in [0.3, 0.4) is 0 Å². The Morgan fingerprint density at radius 1 is 1.05 bits per heavy atom. The average molecular weight is 536 g/mol. The van der Waals surface area contributed by atoms with E-state index < -0.39 is 17.8 Å². The molecule has 0 saturated carbocycles. The van der Waals surface area contributed by atoms with E-state index >= 15 is 0 Å². The van der Waals surface area contributed by atoms with Crippen LogP contribution in [0.1, 0.15) is 6.42 Å². The van der Waals surface area contributed by atoms with Crippen molar-refractivity contribution in [2.24, 2.45) is 12.8 Å². The van der Waals surface area contributed by atoms with Crippen LogP contribution in [0.15, 0.2) is 53.6 Å². The van der Waals surface area contributed by atoms with Crippen LogP contribution in [0.4, 0.5) is 22.0 Å². The predicted octanol–water partition coefficient (Wildman–Crippen LogP) is 3.93. The number of nitrogens with one attached hydrogen (secondary N) is 1. The number of carboxylic acid groups (broad SMARTS) is 1. The van der Waals surface area contributed by atoms with Gasteiger partial charge in [-0.25, -0.2) is 28.0 Å². The SMILES string of the molecule is Cn1cc(-c2n[nH]c(=O)n2-c2cn(CCCN)c3cc(F)ccc23)c2ccc(F)cc21.O=C(O)C(F)(F)F. The van der Waals surface area contributed by atoms with E-state index in [1.165, 1.54) is 28.8 Å². The number of aromatic amines is 1. The lowest BCUT2D eigenvalue weighted by atomic mass is 10.1. The molecule has 0 spiro atoms. The molecule has 3 aromatic heterocycles. The zero-order valence-corrected chi connectivity index (χ0v) is 19.8. The average Bonchev–Trinajstić information content (AvgIpc) is 3.50. The van der Waals surface area contributed by atoms with Crippen molar-refractivity contribution in [1.82, 2.24) is 23.9 Å². The second-order valence-corrected chi connectivity index (χ2v) is 8.32. The summed E-state index contributed by atoms with van der Waals surface area (Å²) in [7, 11) is 1.81. The molecule has 200 valence electrons. The highest BCUT2D eigenvalue weighted by atomic mass is 19.4. The van der Waals surface area contributed by atoms with Crippen LogP contribution in [0.5, 0.6) is 0 Å². The van der Waals surface area contributed by atoms with Gasteiger partial charge in [-0.15, -0.1) is 0 Å². The van der Waals surface area contributed by atoms with Gasteiger partial charge < -0.3 is 20.0 Å². The number of carboxylic acids is 1. The number of hydrogen-bond acceptors (Lipinski definition) is 4. The Morgan fingerprint density at radius 3 is 2.26 bits per heavy atom. The van der Waals surface area contributed by atoms with Crippen LogP contribution in [0, 0.1) is 11.6 Å². The maximum Gasteiger partial charge on any atom is 0.490 e. The van der Waals surface area contributed by atoms with Gasteiger partial charge in [0, 0.05) is 42.3 Å². The minimum atomic E-state index is -5.08. The molecule has 0 aliphatic carbocycles. The number of fused-ring (bicyclic) bond motifs is 2. The number of carbonyl (C=O) groups is 1. The second kappa shape index (κ2) is 10.1. The van der Waals surface area contributed by atoms with Gasteiger partial charge in [0.15, 0.2) is 5.82 Å². The van der Waals surface area contributed by atoms with Crippen molar-refractivity contribution in [1.29, 1.82) is 0 Å². The Kier molecular flexibility index (Phi) is 7.09. The Bertz CT molecular complexity index is 1700. The number of aromatic nitrogens is 5. The Morgan fingerprint density at radius 2 is 1.66 bits per heavy atom. The molecule has 38 heavy (non-hydrogen) atoms. The molecule has 0 atom stereocenters. The van der Waals surface area contributed by atoms with Gasteiger partial charge in [0.05, 0.1) is 16.7 Å². The quantitative estimate of drug-likeness (QED) is 0.294. The Balaban J connectivity index is 0.000000426. The first-order valence-electron chi connectivity index (χ1n) is 11.1. The monoisotopic (exact) mass is 536 g/mol. The zero-order valence-electron chi connectivity index (χ0n) is 19.8. The third-order valence-corrected chi connectivity index (χ3v) is 5.78. The summed E-state index contributed by atoms with van der Waals surface area (Å²) in [6.45, 7) is 1.08. The van der Waals surface area contributed by atoms with Crippen LogP contribution in [0.2, 0.25) is 0 Å². The van der Waals surface area contributed by atoms with Crippen molar-refractivity contribution < 1.29 is 31.9 Å². The van der Waals surface area contributed by atoms with Crippen molar-refractivity contribution in [2.75, 3.05) is 6.54 Å². The van der Waals surface area contributed by atoms with E-state index in [-0.39, 0.29) is 11.6 Å². The third-order valence-electron chi connectivity index (χ3n) is 5.78. The van der Waals surface area contributed by atoms with Gasteiger partial charge in [0.25, 0.3) is 0 Å². The first kappa shape index (κ1) is 26.6. The van der Waals surface area contributed by atoms with Gasteiger partial charge in [-0.1, -0.05) is 0 Å². The van der Waals surface area contributed by atoms with Crippen molar-refractivity contribution in [3.8, 4) is 17.1 Å². The standard InChI is InChI=1S/C22H20F2N6O.C2HF3O2/c1-28-11-17(15-5-3-13(23)9-18(15)28)21-26-27-22(31)30(21)20-12-29(8-2-7-25)19-10-14(24)4-6-16(19)20;3-2(4,5)1(6)7/h3-6,9-12H,2,7-8,25H2,1H3,(H,27,31);(H,6,7). The van der Waals surface area contributed by atoms with Crippen LogP contribution >= 0.6 is 0 Å². The third kappa shape index (κ3) is 5.02. The maximum atomic E-state index is 14.0. The lowest BCUT2D eigenvalue weighted by molar-refractivity contribution is -0.192. The summed E-state index contributed by atoms with van der Waals surface area (Å²) in [4.78, 5) is 21.7. The van der Waals surface area contributed by atoms with Crippen LogP contribution in [0.25, 0.3) is 38.9 Å². The lowest BCUT2D eigenvalue weighted by Crippen LogP contribution is -2.21. The predicted molar refractivity (Wildman–Crippen MR) is 129 cm³/mol. The second-order valence-electron chi connectivity index (χ2n) is 8.32. The van der Waals surface area contributed by atoms with E-state index in [0.717, 1.165) is 10.8 Å². The molecule has 5 aromatic rings. The van der Waals surface area contributed by atoms with E-state index in [9.17, 15) is 26.7 Å². The maximum absolute atomic E-state index is 14.0. The van der Waals surface area contributed by atoms with Crippen molar-refractivity contribution >= 4 is 27.8 Å². The van der Waals surface area contributed by atoms with Crippen molar-refractivity contribution in [3.63, 3.8) is 0 Å². The summed E-state index contributed by atoms with van der Waals surface area (Å²) in [5.74, 6) is -3.07. The highest BCUT2D eigenvalue weighted by Gasteiger charge is 2.38. The summed E-state index contributed by atoms with van der Waals surface area (Å²) < 4.78 is 64.6. The molecule has 2 aromatic carbocycles. The van der Waals surface area contributed by atoms with Gasteiger partial charge in [-0.2, -0.15) is 18.3 Å². The number of aryl methyl sites for hydroxylation is 2. The molecule has 0 aliphatic heterocycles. The van der Waals surface area contributed by atoms with Crippen LogP contribution in [-0.2, 0) is 18.4 Å². The summed E-state index contributed by atoms with van der Waals surface area (Å²) >= 11 is 0. The number of halogens is 5. The highest BCUT2D eigenvalue weighted by Crippen LogP contribution is 2.32. The smallest absolute Gasteiger partial charge is 0.475 e. The van der Waals surface area contributed by atoms with E-state index in [4.69, 9.17) is 15.6 Å². The molecule has 3 heterocycles. The highest BCUT2D eigenvalue weighted by molar-refractivity contribution is 5.96. The summed E-state index contributed by atoms with van der Waals surface area (Å²) in [5.41, 5.74) is 7.85. The van der Waals surface area contributed by atoms with Gasteiger partial charge in [-0.3, -0.25) is 0 Å².